The number of hydrogen-bond donors (Lipinski definition) is 3. The Bertz CT molecular complexity index is 1700. The molecule has 0 fully saturated rings. The van der Waals surface area contributed by atoms with E-state index in [1.807, 2.05) is 31.1 Å². The molecule has 1 aromatic carbocycles. The van der Waals surface area contributed by atoms with Crippen LogP contribution in [-0.2, 0) is 0 Å². The molecule has 0 saturated carbocycles. The topological polar surface area (TPSA) is 120 Å². The number of rotatable bonds is 4. The van der Waals surface area contributed by atoms with Crippen molar-refractivity contribution in [2.45, 2.75) is 0 Å². The Hall–Kier alpha value is -4.86. The zero-order chi connectivity index (χ0) is 24.1. The molecule has 9 nitrogen and oxygen atoms in total. The summed E-state index contributed by atoms with van der Waals surface area (Å²) in [6, 6.07) is 9.64. The van der Waals surface area contributed by atoms with E-state index in [1.165, 1.54) is 12.1 Å². The molecule has 0 aliphatic heterocycles. The fourth-order valence-corrected chi connectivity index (χ4v) is 4.04. The third kappa shape index (κ3) is 3.61. The van der Waals surface area contributed by atoms with E-state index in [0.29, 0.717) is 39.5 Å². The van der Waals surface area contributed by atoms with Gasteiger partial charge in [0.2, 0.25) is 0 Å². The summed E-state index contributed by atoms with van der Waals surface area (Å²) >= 11 is 0. The van der Waals surface area contributed by atoms with Gasteiger partial charge in [0.1, 0.15) is 22.8 Å². The number of aromatic hydroxyl groups is 1. The number of imidazole rings is 1. The Morgan fingerprint density at radius 2 is 1.80 bits per heavy atom. The molecular weight excluding hydrogens is 447 g/mol. The number of pyridine rings is 3. The lowest BCUT2D eigenvalue weighted by Gasteiger charge is -2.12. The fourth-order valence-electron chi connectivity index (χ4n) is 4.04. The predicted molar refractivity (Wildman–Crippen MR) is 131 cm³/mol. The minimum absolute atomic E-state index is 0.180. The summed E-state index contributed by atoms with van der Waals surface area (Å²) in [5, 5.41) is 18.0. The average Bonchev–Trinajstić information content (AvgIpc) is 3.47. The highest BCUT2D eigenvalue weighted by atomic mass is 19.1. The zero-order valence-electron chi connectivity index (χ0n) is 18.8. The summed E-state index contributed by atoms with van der Waals surface area (Å²) in [4.78, 5) is 23.3. The molecule has 35 heavy (non-hydrogen) atoms. The molecule has 0 aliphatic carbocycles. The lowest BCUT2D eigenvalue weighted by molar-refractivity contribution is 0.469. The summed E-state index contributed by atoms with van der Waals surface area (Å²) in [6.45, 7) is 0. The second kappa shape index (κ2) is 7.87. The van der Waals surface area contributed by atoms with E-state index in [2.05, 4.69) is 30.1 Å². The first kappa shape index (κ1) is 20.7. The second-order valence-electron chi connectivity index (χ2n) is 8.36. The van der Waals surface area contributed by atoms with Crippen molar-refractivity contribution in [1.82, 2.24) is 35.1 Å². The monoisotopic (exact) mass is 466 g/mol. The molecule has 10 heteroatoms. The zero-order valence-corrected chi connectivity index (χ0v) is 18.8. The molecule has 0 saturated heterocycles. The Morgan fingerprint density at radius 1 is 0.943 bits per heavy atom. The van der Waals surface area contributed by atoms with Crippen LogP contribution in [0.25, 0.3) is 56.0 Å². The van der Waals surface area contributed by atoms with Crippen molar-refractivity contribution in [2.75, 3.05) is 19.0 Å². The molecule has 172 valence electrons. The van der Waals surface area contributed by atoms with E-state index in [-0.39, 0.29) is 5.75 Å². The van der Waals surface area contributed by atoms with E-state index >= 15 is 0 Å². The molecule has 0 atom stereocenters. The average molecular weight is 466 g/mol. The van der Waals surface area contributed by atoms with Crippen molar-refractivity contribution in [2.24, 2.45) is 0 Å². The van der Waals surface area contributed by atoms with Gasteiger partial charge in [0.25, 0.3) is 0 Å². The quantitative estimate of drug-likeness (QED) is 0.349. The number of phenolic OH excluding ortho intramolecular Hbond substituents is 1. The van der Waals surface area contributed by atoms with Crippen LogP contribution in [0.4, 0.5) is 10.1 Å². The predicted octanol–water partition coefficient (Wildman–Crippen LogP) is 4.54. The molecule has 0 spiro atoms. The van der Waals surface area contributed by atoms with Gasteiger partial charge < -0.3 is 15.0 Å². The normalized spacial score (nSPS) is 11.4. The Morgan fingerprint density at radius 3 is 2.63 bits per heavy atom. The minimum atomic E-state index is -0.555. The van der Waals surface area contributed by atoms with Crippen molar-refractivity contribution in [3.8, 4) is 39.7 Å². The molecule has 6 aromatic rings. The number of nitrogens with zero attached hydrogens (tertiary/aromatic N) is 6. The van der Waals surface area contributed by atoms with E-state index < -0.39 is 5.82 Å². The van der Waals surface area contributed by atoms with Gasteiger partial charge in [-0.2, -0.15) is 5.10 Å². The molecule has 5 aromatic heterocycles. The van der Waals surface area contributed by atoms with E-state index in [0.717, 1.165) is 28.3 Å². The number of nitrogens with one attached hydrogen (secondary N) is 2. The van der Waals surface area contributed by atoms with Crippen molar-refractivity contribution < 1.29 is 9.50 Å². The van der Waals surface area contributed by atoms with Crippen LogP contribution in [0, 0.1) is 5.82 Å². The number of aromatic nitrogens is 7. The maximum Gasteiger partial charge on any atom is 0.181 e. The van der Waals surface area contributed by atoms with Gasteiger partial charge in [0, 0.05) is 55.4 Å². The Balaban J connectivity index is 1.48. The van der Waals surface area contributed by atoms with Gasteiger partial charge in [-0.25, -0.2) is 14.4 Å². The lowest BCUT2D eigenvalue weighted by atomic mass is 10.1. The Kier molecular flexibility index (Phi) is 4.66. The van der Waals surface area contributed by atoms with Gasteiger partial charge in [-0.1, -0.05) is 0 Å². The number of aromatic amines is 2. The number of H-pyrrole nitrogens is 2. The summed E-state index contributed by atoms with van der Waals surface area (Å²) < 4.78 is 13.9. The molecule has 0 unspecified atom stereocenters. The summed E-state index contributed by atoms with van der Waals surface area (Å²) in [5.74, 6) is -0.197. The van der Waals surface area contributed by atoms with Gasteiger partial charge in [0.15, 0.2) is 11.5 Å². The minimum Gasteiger partial charge on any atom is -0.508 e. The molecule has 0 amide bonds. The van der Waals surface area contributed by atoms with Crippen molar-refractivity contribution in [1.29, 1.82) is 0 Å². The number of anilines is 1. The van der Waals surface area contributed by atoms with Gasteiger partial charge in [-0.15, -0.1) is 0 Å². The van der Waals surface area contributed by atoms with Crippen LogP contribution in [0.2, 0.25) is 0 Å². The molecule has 0 aliphatic rings. The molecule has 5 heterocycles. The number of hydrogen-bond acceptors (Lipinski definition) is 7. The summed E-state index contributed by atoms with van der Waals surface area (Å²) in [7, 11) is 3.93. The van der Waals surface area contributed by atoms with E-state index in [1.54, 1.807) is 30.9 Å². The summed E-state index contributed by atoms with van der Waals surface area (Å²) in [5.41, 5.74) is 6.16. The molecule has 6 rings (SSSR count). The van der Waals surface area contributed by atoms with Gasteiger partial charge in [-0.05, 0) is 30.3 Å². The highest BCUT2D eigenvalue weighted by Gasteiger charge is 2.17. The van der Waals surface area contributed by atoms with Crippen LogP contribution in [0.15, 0.2) is 61.2 Å². The van der Waals surface area contributed by atoms with Crippen molar-refractivity contribution in [3.05, 3.63) is 67.0 Å². The van der Waals surface area contributed by atoms with E-state index in [4.69, 9.17) is 4.98 Å². The van der Waals surface area contributed by atoms with Crippen LogP contribution >= 0.6 is 0 Å². The standard InChI is InChI=1S/C25H19FN8O/c1-34(2)17-6-14(10-27-12-17)15-8-19-22(32-33-24(19)29-11-15)25-30-20-3-4-28-21(23(20)31-25)13-5-16(26)9-18(35)7-13/h3-12,35H,1-2H3,(H,30,31)(H,29,32,33). The lowest BCUT2D eigenvalue weighted by Crippen LogP contribution is -2.08. The maximum atomic E-state index is 13.9. The Labute approximate surface area is 198 Å². The first-order valence-corrected chi connectivity index (χ1v) is 10.8. The largest absolute Gasteiger partial charge is 0.508 e. The first-order chi connectivity index (χ1) is 17.0. The van der Waals surface area contributed by atoms with Crippen molar-refractivity contribution >= 4 is 27.8 Å². The van der Waals surface area contributed by atoms with Crippen LogP contribution < -0.4 is 4.90 Å². The van der Waals surface area contributed by atoms with Crippen molar-refractivity contribution in [3.63, 3.8) is 0 Å². The van der Waals surface area contributed by atoms with Gasteiger partial charge in [0.05, 0.1) is 28.5 Å². The first-order valence-electron chi connectivity index (χ1n) is 10.8. The maximum absolute atomic E-state index is 13.9. The molecule has 3 N–H and O–H groups in total. The van der Waals surface area contributed by atoms with E-state index in [9.17, 15) is 9.50 Å². The highest BCUT2D eigenvalue weighted by Crippen LogP contribution is 2.33. The number of phenols is 1. The second-order valence-corrected chi connectivity index (χ2v) is 8.36. The third-order valence-electron chi connectivity index (χ3n) is 5.78. The van der Waals surface area contributed by atoms with Crippen LogP contribution in [0.3, 0.4) is 0 Å². The number of benzene rings is 1. The third-order valence-corrected chi connectivity index (χ3v) is 5.78. The highest BCUT2D eigenvalue weighted by molar-refractivity contribution is 5.96. The SMILES string of the molecule is CN(C)c1cncc(-c2cnc3n[nH]c(-c4nc5c(-c6cc(O)cc(F)c6)nccc5[nH]4)c3c2)c1. The van der Waals surface area contributed by atoms with Gasteiger partial charge in [-0.3, -0.25) is 15.1 Å². The van der Waals surface area contributed by atoms with Crippen LogP contribution in [0.5, 0.6) is 5.75 Å². The number of fused-ring (bicyclic) bond motifs is 2. The summed E-state index contributed by atoms with van der Waals surface area (Å²) in [6.07, 6.45) is 6.97. The molecular formula is C25H19FN8O. The molecule has 0 radical (unpaired) electrons. The van der Waals surface area contributed by atoms with Gasteiger partial charge >= 0.3 is 0 Å². The molecule has 0 bridgehead atoms. The smallest absolute Gasteiger partial charge is 0.181 e. The van der Waals surface area contributed by atoms with Crippen LogP contribution in [0.1, 0.15) is 0 Å². The fraction of sp³-hybridized carbons (Fsp3) is 0.0800. The number of halogens is 1. The van der Waals surface area contributed by atoms with Crippen LogP contribution in [-0.4, -0.2) is 54.3 Å².